The predicted octanol–water partition coefficient (Wildman–Crippen LogP) is 3.72. The average molecular weight is 242 g/mol. The number of carbonyl (C=O) groups is 1. The quantitative estimate of drug-likeness (QED) is 0.644. The molecule has 1 N–H and O–H groups in total. The number of pyridine rings is 1. The summed E-state index contributed by atoms with van der Waals surface area (Å²) in [6, 6.07) is 1.92. The number of hydrogen-bond donors (Lipinski definition) is 1. The van der Waals surface area contributed by atoms with Gasteiger partial charge in [-0.05, 0) is 18.9 Å². The lowest BCUT2D eigenvalue weighted by Crippen LogP contribution is -2.13. The molecule has 1 saturated carbocycles. The van der Waals surface area contributed by atoms with Gasteiger partial charge in [0, 0.05) is 41.0 Å². The fourth-order valence-corrected chi connectivity index (χ4v) is 2.93. The molecule has 2 aromatic heterocycles. The highest BCUT2D eigenvalue weighted by Gasteiger charge is 2.23. The van der Waals surface area contributed by atoms with Crippen molar-refractivity contribution in [2.75, 3.05) is 0 Å². The molecule has 0 unspecified atom stereocenters. The molecule has 0 aromatic carbocycles. The van der Waals surface area contributed by atoms with Crippen LogP contribution in [0.1, 0.15) is 48.9 Å². The first-order valence-corrected chi connectivity index (χ1v) is 6.81. The molecule has 0 atom stereocenters. The molecular formula is C15H18N2O. The number of nitrogens with one attached hydrogen (secondary N) is 1. The second kappa shape index (κ2) is 4.92. The van der Waals surface area contributed by atoms with Crippen molar-refractivity contribution in [3.63, 3.8) is 0 Å². The largest absolute Gasteiger partial charge is 0.360 e. The summed E-state index contributed by atoms with van der Waals surface area (Å²) in [6.07, 6.45) is 12.4. The second-order valence-electron chi connectivity index (χ2n) is 5.18. The van der Waals surface area contributed by atoms with Crippen LogP contribution in [-0.2, 0) is 0 Å². The van der Waals surface area contributed by atoms with Crippen molar-refractivity contribution in [2.45, 2.75) is 38.5 Å². The third kappa shape index (κ3) is 2.05. The van der Waals surface area contributed by atoms with Crippen molar-refractivity contribution in [2.24, 2.45) is 5.92 Å². The number of aromatic nitrogens is 2. The minimum absolute atomic E-state index is 0.215. The van der Waals surface area contributed by atoms with Gasteiger partial charge in [-0.15, -0.1) is 0 Å². The zero-order valence-electron chi connectivity index (χ0n) is 10.5. The molecule has 18 heavy (non-hydrogen) atoms. The number of aromatic amines is 1. The third-order valence-corrected chi connectivity index (χ3v) is 3.97. The number of H-pyrrole nitrogens is 1. The summed E-state index contributed by atoms with van der Waals surface area (Å²) >= 11 is 0. The average Bonchev–Trinajstić information content (AvgIpc) is 2.65. The molecule has 1 aliphatic carbocycles. The first-order chi connectivity index (χ1) is 8.86. The SMILES string of the molecule is O=C(c1c[nH]c2ccncc12)C1CCCCCC1. The van der Waals surface area contributed by atoms with Gasteiger partial charge in [0.1, 0.15) is 0 Å². The van der Waals surface area contributed by atoms with E-state index in [1.807, 2.05) is 12.3 Å². The lowest BCUT2D eigenvalue weighted by Gasteiger charge is -2.11. The van der Waals surface area contributed by atoms with Crippen LogP contribution in [0.2, 0.25) is 0 Å². The highest BCUT2D eigenvalue weighted by Crippen LogP contribution is 2.28. The van der Waals surface area contributed by atoms with Crippen molar-refractivity contribution in [1.29, 1.82) is 0 Å². The number of rotatable bonds is 2. The zero-order valence-corrected chi connectivity index (χ0v) is 10.5. The number of fused-ring (bicyclic) bond motifs is 1. The van der Waals surface area contributed by atoms with Gasteiger partial charge in [-0.3, -0.25) is 9.78 Å². The van der Waals surface area contributed by atoms with E-state index in [1.165, 1.54) is 25.7 Å². The van der Waals surface area contributed by atoms with E-state index in [9.17, 15) is 4.79 Å². The maximum Gasteiger partial charge on any atom is 0.168 e. The summed E-state index contributed by atoms with van der Waals surface area (Å²) in [7, 11) is 0. The van der Waals surface area contributed by atoms with Gasteiger partial charge >= 0.3 is 0 Å². The third-order valence-electron chi connectivity index (χ3n) is 3.97. The maximum absolute atomic E-state index is 12.6. The van der Waals surface area contributed by atoms with Crippen molar-refractivity contribution in [3.8, 4) is 0 Å². The molecule has 0 saturated heterocycles. The number of nitrogens with zero attached hydrogens (tertiary/aromatic N) is 1. The molecule has 0 bridgehead atoms. The first kappa shape index (κ1) is 11.5. The molecule has 94 valence electrons. The minimum Gasteiger partial charge on any atom is -0.360 e. The van der Waals surface area contributed by atoms with Crippen LogP contribution in [0.15, 0.2) is 24.7 Å². The molecule has 2 heterocycles. The summed E-state index contributed by atoms with van der Waals surface area (Å²) in [5, 5.41) is 0.965. The Balaban J connectivity index is 1.91. The Bertz CT molecular complexity index is 550. The topological polar surface area (TPSA) is 45.8 Å². The van der Waals surface area contributed by atoms with E-state index < -0.39 is 0 Å². The molecule has 1 aliphatic rings. The van der Waals surface area contributed by atoms with Crippen LogP contribution in [0.25, 0.3) is 10.9 Å². The predicted molar refractivity (Wildman–Crippen MR) is 71.6 cm³/mol. The monoisotopic (exact) mass is 242 g/mol. The molecule has 3 heteroatoms. The van der Waals surface area contributed by atoms with Crippen molar-refractivity contribution >= 4 is 16.7 Å². The lowest BCUT2D eigenvalue weighted by molar-refractivity contribution is 0.0909. The number of hydrogen-bond acceptors (Lipinski definition) is 2. The van der Waals surface area contributed by atoms with E-state index in [-0.39, 0.29) is 5.92 Å². The Labute approximate surface area is 107 Å². The minimum atomic E-state index is 0.215. The van der Waals surface area contributed by atoms with E-state index in [1.54, 1.807) is 12.4 Å². The highest BCUT2D eigenvalue weighted by molar-refractivity contribution is 6.08. The lowest BCUT2D eigenvalue weighted by atomic mass is 9.91. The molecular weight excluding hydrogens is 224 g/mol. The Morgan fingerprint density at radius 1 is 1.22 bits per heavy atom. The molecule has 0 aliphatic heterocycles. The van der Waals surface area contributed by atoms with Crippen LogP contribution in [0, 0.1) is 5.92 Å². The summed E-state index contributed by atoms with van der Waals surface area (Å²) in [5.74, 6) is 0.517. The van der Waals surface area contributed by atoms with Gasteiger partial charge in [0.25, 0.3) is 0 Å². The highest BCUT2D eigenvalue weighted by atomic mass is 16.1. The van der Waals surface area contributed by atoms with Crippen LogP contribution in [0.3, 0.4) is 0 Å². The Hall–Kier alpha value is -1.64. The maximum atomic E-state index is 12.6. The molecule has 1 fully saturated rings. The van der Waals surface area contributed by atoms with Crippen molar-refractivity contribution in [3.05, 3.63) is 30.2 Å². The summed E-state index contributed by atoms with van der Waals surface area (Å²) in [5.41, 5.74) is 1.83. The van der Waals surface area contributed by atoms with Crippen LogP contribution in [0.4, 0.5) is 0 Å². The van der Waals surface area contributed by atoms with Crippen LogP contribution in [-0.4, -0.2) is 15.8 Å². The van der Waals surface area contributed by atoms with Crippen LogP contribution in [0.5, 0.6) is 0 Å². The van der Waals surface area contributed by atoms with E-state index in [0.29, 0.717) is 5.78 Å². The summed E-state index contributed by atoms with van der Waals surface area (Å²) in [6.45, 7) is 0. The first-order valence-electron chi connectivity index (χ1n) is 6.81. The number of carbonyl (C=O) groups excluding carboxylic acids is 1. The van der Waals surface area contributed by atoms with Gasteiger partial charge in [-0.25, -0.2) is 0 Å². The van der Waals surface area contributed by atoms with Gasteiger partial charge in [-0.2, -0.15) is 0 Å². The fourth-order valence-electron chi connectivity index (χ4n) is 2.93. The van der Waals surface area contributed by atoms with Gasteiger partial charge in [0.15, 0.2) is 5.78 Å². The second-order valence-corrected chi connectivity index (χ2v) is 5.18. The summed E-state index contributed by atoms with van der Waals surface area (Å²) < 4.78 is 0. The van der Waals surface area contributed by atoms with E-state index in [0.717, 1.165) is 29.3 Å². The molecule has 3 rings (SSSR count). The van der Waals surface area contributed by atoms with Crippen molar-refractivity contribution in [1.82, 2.24) is 9.97 Å². The standard InChI is InChI=1S/C15H18N2O/c18-15(11-5-3-1-2-4-6-11)13-10-17-14-7-8-16-9-12(13)14/h7-11,17H,1-6H2. The van der Waals surface area contributed by atoms with Gasteiger partial charge in [0.2, 0.25) is 0 Å². The van der Waals surface area contributed by atoms with Crippen LogP contribution >= 0.6 is 0 Å². The fraction of sp³-hybridized carbons (Fsp3) is 0.467. The molecule has 0 radical (unpaired) electrons. The normalized spacial score (nSPS) is 17.8. The molecule has 3 nitrogen and oxygen atoms in total. The van der Waals surface area contributed by atoms with Gasteiger partial charge in [-0.1, -0.05) is 25.7 Å². The van der Waals surface area contributed by atoms with E-state index in [2.05, 4.69) is 9.97 Å². The zero-order chi connectivity index (χ0) is 12.4. The molecule has 0 spiro atoms. The van der Waals surface area contributed by atoms with Crippen LogP contribution < -0.4 is 0 Å². The Morgan fingerprint density at radius 3 is 2.78 bits per heavy atom. The number of ketones is 1. The Morgan fingerprint density at radius 2 is 2.00 bits per heavy atom. The van der Waals surface area contributed by atoms with E-state index >= 15 is 0 Å². The van der Waals surface area contributed by atoms with Gasteiger partial charge < -0.3 is 4.98 Å². The van der Waals surface area contributed by atoms with E-state index in [4.69, 9.17) is 0 Å². The molecule has 0 amide bonds. The summed E-state index contributed by atoms with van der Waals surface area (Å²) in [4.78, 5) is 19.9. The molecule has 2 aromatic rings. The van der Waals surface area contributed by atoms with Gasteiger partial charge in [0.05, 0.1) is 0 Å². The Kier molecular flexibility index (Phi) is 3.13. The number of Topliss-reactive ketones (excluding diaryl/α,β-unsaturated/α-hetero) is 1. The smallest absolute Gasteiger partial charge is 0.168 e. The van der Waals surface area contributed by atoms with Crippen molar-refractivity contribution < 1.29 is 4.79 Å².